The molecular formula is C11H6Cl2N4. The smallest absolute Gasteiger partial charge is 0.133 e. The zero-order chi connectivity index (χ0) is 11.8. The highest BCUT2D eigenvalue weighted by molar-refractivity contribution is 6.30. The van der Waals surface area contributed by atoms with Crippen LogP contribution in [0.1, 0.15) is 0 Å². The number of hydrogen-bond acceptors (Lipinski definition) is 3. The number of fused-ring (bicyclic) bond motifs is 1. The van der Waals surface area contributed by atoms with Crippen LogP contribution in [0.15, 0.2) is 30.7 Å². The van der Waals surface area contributed by atoms with E-state index < -0.39 is 0 Å². The molecule has 17 heavy (non-hydrogen) atoms. The average Bonchev–Trinajstić information content (AvgIpc) is 2.72. The lowest BCUT2D eigenvalue weighted by molar-refractivity contribution is 1.16. The first kappa shape index (κ1) is 10.5. The van der Waals surface area contributed by atoms with E-state index in [-0.39, 0.29) is 0 Å². The van der Waals surface area contributed by atoms with E-state index >= 15 is 0 Å². The summed E-state index contributed by atoms with van der Waals surface area (Å²) in [4.78, 5) is 15.2. The van der Waals surface area contributed by atoms with E-state index in [1.54, 1.807) is 18.3 Å². The Labute approximate surface area is 107 Å². The molecule has 0 saturated heterocycles. The molecule has 84 valence electrons. The molecule has 1 N–H and O–H groups in total. The van der Waals surface area contributed by atoms with Crippen molar-refractivity contribution in [3.63, 3.8) is 0 Å². The predicted molar refractivity (Wildman–Crippen MR) is 67.1 cm³/mol. The number of aromatic nitrogens is 4. The zero-order valence-corrected chi connectivity index (χ0v) is 10.00. The largest absolute Gasteiger partial charge is 0.353 e. The third kappa shape index (κ3) is 1.97. The van der Waals surface area contributed by atoms with E-state index in [2.05, 4.69) is 19.9 Å². The Balaban J connectivity index is 2.18. The molecule has 3 rings (SSSR count). The molecule has 0 saturated carbocycles. The maximum absolute atomic E-state index is 5.82. The molecule has 0 aliphatic carbocycles. The number of aromatic amines is 1. The summed E-state index contributed by atoms with van der Waals surface area (Å²) in [6.07, 6.45) is 3.13. The van der Waals surface area contributed by atoms with Crippen molar-refractivity contribution in [2.75, 3.05) is 0 Å². The van der Waals surface area contributed by atoms with Gasteiger partial charge in [0.25, 0.3) is 0 Å². The molecule has 0 radical (unpaired) electrons. The minimum atomic E-state index is 0.407. The topological polar surface area (TPSA) is 54.5 Å². The van der Waals surface area contributed by atoms with Crippen LogP contribution in [0, 0.1) is 0 Å². The molecular weight excluding hydrogens is 259 g/mol. The second-order valence-corrected chi connectivity index (χ2v) is 4.28. The standard InChI is InChI=1S/C11H6Cl2N4/c12-10-2-7-6(4-14-10)1-9(17-7)8-3-11(13)16-5-15-8/h1-5,17H. The van der Waals surface area contributed by atoms with Gasteiger partial charge in [0.15, 0.2) is 0 Å². The number of rotatable bonds is 1. The summed E-state index contributed by atoms with van der Waals surface area (Å²) in [7, 11) is 0. The molecule has 0 aromatic carbocycles. The monoisotopic (exact) mass is 264 g/mol. The first-order valence-electron chi connectivity index (χ1n) is 4.84. The van der Waals surface area contributed by atoms with Gasteiger partial charge in [-0.1, -0.05) is 23.2 Å². The van der Waals surface area contributed by atoms with Crippen molar-refractivity contribution >= 4 is 34.1 Å². The van der Waals surface area contributed by atoms with Gasteiger partial charge in [0, 0.05) is 17.6 Å². The maximum Gasteiger partial charge on any atom is 0.133 e. The van der Waals surface area contributed by atoms with Crippen LogP contribution in [0.3, 0.4) is 0 Å². The van der Waals surface area contributed by atoms with Gasteiger partial charge in [-0.05, 0) is 12.1 Å². The van der Waals surface area contributed by atoms with Crippen molar-refractivity contribution in [3.05, 3.63) is 41.0 Å². The predicted octanol–water partition coefficient (Wildman–Crippen LogP) is 3.33. The summed E-state index contributed by atoms with van der Waals surface area (Å²) in [5, 5.41) is 1.83. The highest BCUT2D eigenvalue weighted by Crippen LogP contribution is 2.24. The molecule has 3 aromatic rings. The number of nitrogens with one attached hydrogen (secondary N) is 1. The number of halogens is 2. The Morgan fingerprint density at radius 3 is 2.59 bits per heavy atom. The van der Waals surface area contributed by atoms with Crippen molar-refractivity contribution in [2.45, 2.75) is 0 Å². The van der Waals surface area contributed by atoms with Crippen LogP contribution in [0.4, 0.5) is 0 Å². The van der Waals surface area contributed by atoms with Gasteiger partial charge < -0.3 is 4.98 Å². The van der Waals surface area contributed by atoms with Crippen molar-refractivity contribution in [1.29, 1.82) is 0 Å². The van der Waals surface area contributed by atoms with Gasteiger partial charge in [0.2, 0.25) is 0 Å². The zero-order valence-electron chi connectivity index (χ0n) is 8.48. The SMILES string of the molecule is Clc1cc(-c2cc3cnc(Cl)cc3[nH]2)ncn1. The molecule has 0 amide bonds. The van der Waals surface area contributed by atoms with Gasteiger partial charge in [0.1, 0.15) is 16.6 Å². The minimum Gasteiger partial charge on any atom is -0.353 e. The Kier molecular flexibility index (Phi) is 2.46. The normalized spacial score (nSPS) is 10.9. The lowest BCUT2D eigenvalue weighted by Gasteiger charge is -1.95. The van der Waals surface area contributed by atoms with Crippen LogP contribution in [-0.2, 0) is 0 Å². The van der Waals surface area contributed by atoms with Gasteiger partial charge in [-0.3, -0.25) is 0 Å². The third-order valence-corrected chi connectivity index (χ3v) is 2.79. The Morgan fingerprint density at radius 2 is 1.76 bits per heavy atom. The van der Waals surface area contributed by atoms with Crippen LogP contribution in [0.5, 0.6) is 0 Å². The lowest BCUT2D eigenvalue weighted by atomic mass is 10.3. The average molecular weight is 265 g/mol. The van der Waals surface area contributed by atoms with E-state index in [1.807, 2.05) is 6.07 Å². The van der Waals surface area contributed by atoms with E-state index in [0.29, 0.717) is 10.3 Å². The fourth-order valence-electron chi connectivity index (χ4n) is 1.62. The fraction of sp³-hybridized carbons (Fsp3) is 0. The lowest BCUT2D eigenvalue weighted by Crippen LogP contribution is -1.84. The summed E-state index contributed by atoms with van der Waals surface area (Å²) in [6, 6.07) is 5.40. The van der Waals surface area contributed by atoms with Gasteiger partial charge in [0.05, 0.1) is 16.9 Å². The Morgan fingerprint density at radius 1 is 0.941 bits per heavy atom. The first-order valence-corrected chi connectivity index (χ1v) is 5.60. The Hall–Kier alpha value is -1.65. The number of hydrogen-bond donors (Lipinski definition) is 1. The second kappa shape index (κ2) is 3.98. The van der Waals surface area contributed by atoms with Crippen molar-refractivity contribution in [1.82, 2.24) is 19.9 Å². The van der Waals surface area contributed by atoms with Gasteiger partial charge >= 0.3 is 0 Å². The molecule has 0 bridgehead atoms. The Bertz CT molecular complexity index is 693. The summed E-state index contributed by atoms with van der Waals surface area (Å²) < 4.78 is 0. The van der Waals surface area contributed by atoms with E-state index in [0.717, 1.165) is 22.3 Å². The molecule has 0 unspecified atom stereocenters. The molecule has 3 heterocycles. The van der Waals surface area contributed by atoms with Crippen LogP contribution < -0.4 is 0 Å². The number of H-pyrrole nitrogens is 1. The van der Waals surface area contributed by atoms with Crippen LogP contribution in [-0.4, -0.2) is 19.9 Å². The highest BCUT2D eigenvalue weighted by Gasteiger charge is 2.06. The van der Waals surface area contributed by atoms with Crippen LogP contribution in [0.25, 0.3) is 22.3 Å². The molecule has 6 heteroatoms. The van der Waals surface area contributed by atoms with Crippen molar-refractivity contribution < 1.29 is 0 Å². The third-order valence-electron chi connectivity index (χ3n) is 2.38. The van der Waals surface area contributed by atoms with E-state index in [9.17, 15) is 0 Å². The second-order valence-electron chi connectivity index (χ2n) is 3.50. The van der Waals surface area contributed by atoms with Crippen molar-refractivity contribution in [2.24, 2.45) is 0 Å². The summed E-state index contributed by atoms with van der Waals surface area (Å²) in [5.41, 5.74) is 2.50. The van der Waals surface area contributed by atoms with Gasteiger partial charge in [-0.25, -0.2) is 15.0 Å². The number of nitrogens with zero attached hydrogens (tertiary/aromatic N) is 3. The molecule has 0 spiro atoms. The molecule has 0 atom stereocenters. The number of pyridine rings is 1. The molecule has 3 aromatic heterocycles. The van der Waals surface area contributed by atoms with E-state index in [4.69, 9.17) is 23.2 Å². The summed E-state index contributed by atoms with van der Waals surface area (Å²) in [5.74, 6) is 0. The molecule has 0 aliphatic rings. The minimum absolute atomic E-state index is 0.407. The van der Waals surface area contributed by atoms with Gasteiger partial charge in [-0.2, -0.15) is 0 Å². The quantitative estimate of drug-likeness (QED) is 0.542. The maximum atomic E-state index is 5.82. The first-order chi connectivity index (χ1) is 8.22. The van der Waals surface area contributed by atoms with Crippen LogP contribution >= 0.6 is 23.2 Å². The van der Waals surface area contributed by atoms with E-state index in [1.165, 1.54) is 6.33 Å². The summed E-state index contributed by atoms with van der Waals surface area (Å²) >= 11 is 11.6. The highest BCUT2D eigenvalue weighted by atomic mass is 35.5. The van der Waals surface area contributed by atoms with Gasteiger partial charge in [-0.15, -0.1) is 0 Å². The molecule has 4 nitrogen and oxygen atoms in total. The molecule has 0 aliphatic heterocycles. The van der Waals surface area contributed by atoms with Crippen LogP contribution in [0.2, 0.25) is 10.3 Å². The summed E-state index contributed by atoms with van der Waals surface area (Å²) in [6.45, 7) is 0. The van der Waals surface area contributed by atoms with Crippen molar-refractivity contribution in [3.8, 4) is 11.4 Å². The fourth-order valence-corrected chi connectivity index (χ4v) is 1.92. The molecule has 0 fully saturated rings.